The van der Waals surface area contributed by atoms with Gasteiger partial charge in [-0.15, -0.1) is 0 Å². The topological polar surface area (TPSA) is 60.2 Å². The summed E-state index contributed by atoms with van der Waals surface area (Å²) in [5.41, 5.74) is 0.985. The van der Waals surface area contributed by atoms with Gasteiger partial charge in [0.25, 0.3) is 0 Å². The number of methoxy groups -OCH3 is 1. The molecule has 0 aliphatic heterocycles. The van der Waals surface area contributed by atoms with Gasteiger partial charge in [-0.1, -0.05) is 34.4 Å². The number of nitrogens with one attached hydrogen (secondary N) is 1. The van der Waals surface area contributed by atoms with E-state index in [-0.39, 0.29) is 0 Å². The van der Waals surface area contributed by atoms with Crippen molar-refractivity contribution in [1.82, 2.24) is 15.5 Å². The lowest BCUT2D eigenvalue weighted by molar-refractivity contribution is 0.197. The van der Waals surface area contributed by atoms with Crippen LogP contribution in [0.4, 0.5) is 0 Å². The van der Waals surface area contributed by atoms with Crippen LogP contribution >= 0.6 is 23.2 Å². The molecule has 1 N–H and O–H groups in total. The van der Waals surface area contributed by atoms with Crippen molar-refractivity contribution in [3.8, 4) is 0 Å². The van der Waals surface area contributed by atoms with Crippen molar-refractivity contribution in [2.24, 2.45) is 0 Å². The van der Waals surface area contributed by atoms with Crippen LogP contribution in [-0.2, 0) is 17.7 Å². The molecule has 0 aliphatic carbocycles. The number of rotatable bonds is 7. The summed E-state index contributed by atoms with van der Waals surface area (Å²) < 4.78 is 10.1. The lowest BCUT2D eigenvalue weighted by Crippen LogP contribution is -2.18. The number of aromatic nitrogens is 2. The van der Waals surface area contributed by atoms with Gasteiger partial charge in [0.2, 0.25) is 5.89 Å². The maximum atomic E-state index is 5.97. The van der Waals surface area contributed by atoms with Crippen LogP contribution in [-0.4, -0.2) is 30.4 Å². The first-order valence-electron chi connectivity index (χ1n) is 6.14. The van der Waals surface area contributed by atoms with E-state index in [1.54, 1.807) is 19.2 Å². The van der Waals surface area contributed by atoms with Crippen molar-refractivity contribution in [3.05, 3.63) is 45.5 Å². The zero-order valence-corrected chi connectivity index (χ0v) is 12.5. The molecule has 0 fully saturated rings. The summed E-state index contributed by atoms with van der Waals surface area (Å²) in [4.78, 5) is 4.30. The Hall–Kier alpha value is -1.14. The van der Waals surface area contributed by atoms with Crippen LogP contribution in [0.15, 0.2) is 22.7 Å². The summed E-state index contributed by atoms with van der Waals surface area (Å²) in [5, 5.41) is 8.12. The van der Waals surface area contributed by atoms with Gasteiger partial charge in [0.1, 0.15) is 0 Å². The van der Waals surface area contributed by atoms with E-state index in [4.69, 9.17) is 32.5 Å². The molecule has 0 atom stereocenters. The number of benzene rings is 1. The molecule has 0 bridgehead atoms. The predicted octanol–water partition coefficient (Wildman–Crippen LogP) is 2.70. The molecule has 2 rings (SSSR count). The first kappa shape index (κ1) is 15.3. The third kappa shape index (κ3) is 4.45. The van der Waals surface area contributed by atoms with Crippen LogP contribution in [0.5, 0.6) is 0 Å². The fourth-order valence-electron chi connectivity index (χ4n) is 1.64. The Bertz CT molecular complexity index is 560. The lowest BCUT2D eigenvalue weighted by Gasteiger charge is -2.00. The zero-order chi connectivity index (χ0) is 14.4. The highest BCUT2D eigenvalue weighted by atomic mass is 35.5. The maximum absolute atomic E-state index is 5.97. The molecule has 7 heteroatoms. The van der Waals surface area contributed by atoms with Crippen LogP contribution in [0.2, 0.25) is 10.0 Å². The van der Waals surface area contributed by atoms with Crippen molar-refractivity contribution in [2.75, 3.05) is 20.3 Å². The van der Waals surface area contributed by atoms with Crippen LogP contribution < -0.4 is 5.32 Å². The Morgan fingerprint density at radius 3 is 2.90 bits per heavy atom. The Balaban J connectivity index is 1.90. The molecule has 1 aromatic carbocycles. The molecule has 5 nitrogen and oxygen atoms in total. The normalized spacial score (nSPS) is 10.9. The predicted molar refractivity (Wildman–Crippen MR) is 77.1 cm³/mol. The molecule has 1 heterocycles. The standard InChI is InChI=1S/C13H15Cl2N3O2/c1-19-5-4-16-8-13-17-12(18-20-13)7-9-2-3-10(14)11(15)6-9/h2-3,6,16H,4-5,7-8H2,1H3. The summed E-state index contributed by atoms with van der Waals surface area (Å²) in [7, 11) is 1.66. The number of ether oxygens (including phenoxy) is 1. The Kier molecular flexibility index (Phi) is 5.79. The molecule has 0 saturated heterocycles. The number of hydrogen-bond acceptors (Lipinski definition) is 5. The largest absolute Gasteiger partial charge is 0.383 e. The van der Waals surface area contributed by atoms with E-state index < -0.39 is 0 Å². The highest BCUT2D eigenvalue weighted by molar-refractivity contribution is 6.42. The third-order valence-corrected chi connectivity index (χ3v) is 3.35. The zero-order valence-electron chi connectivity index (χ0n) is 11.0. The molecule has 1 aromatic heterocycles. The minimum atomic E-state index is 0.522. The van der Waals surface area contributed by atoms with Gasteiger partial charge in [0.15, 0.2) is 5.82 Å². The summed E-state index contributed by atoms with van der Waals surface area (Å²) in [5.74, 6) is 1.17. The average Bonchev–Trinajstić information content (AvgIpc) is 2.87. The summed E-state index contributed by atoms with van der Waals surface area (Å²) in [6.45, 7) is 1.91. The quantitative estimate of drug-likeness (QED) is 0.796. The van der Waals surface area contributed by atoms with Gasteiger partial charge in [-0.3, -0.25) is 0 Å². The Morgan fingerprint density at radius 2 is 2.15 bits per heavy atom. The second-order valence-corrected chi connectivity index (χ2v) is 5.01. The molecule has 0 saturated carbocycles. The monoisotopic (exact) mass is 315 g/mol. The van der Waals surface area contributed by atoms with E-state index in [1.165, 1.54) is 0 Å². The third-order valence-electron chi connectivity index (χ3n) is 2.62. The molecule has 0 amide bonds. The van der Waals surface area contributed by atoms with Crippen LogP contribution in [0.1, 0.15) is 17.3 Å². The van der Waals surface area contributed by atoms with Crippen LogP contribution in [0.3, 0.4) is 0 Å². The molecular formula is C13H15Cl2N3O2. The summed E-state index contributed by atoms with van der Waals surface area (Å²) in [6, 6.07) is 5.45. The Morgan fingerprint density at radius 1 is 1.30 bits per heavy atom. The first-order chi connectivity index (χ1) is 9.69. The van der Waals surface area contributed by atoms with Crippen molar-refractivity contribution in [2.45, 2.75) is 13.0 Å². The molecule has 20 heavy (non-hydrogen) atoms. The number of hydrogen-bond donors (Lipinski definition) is 1. The number of halogens is 2. The van der Waals surface area contributed by atoms with E-state index >= 15 is 0 Å². The van der Waals surface area contributed by atoms with Gasteiger partial charge in [0, 0.05) is 20.1 Å². The highest BCUT2D eigenvalue weighted by Crippen LogP contribution is 2.23. The van der Waals surface area contributed by atoms with Crippen molar-refractivity contribution >= 4 is 23.2 Å². The summed E-state index contributed by atoms with van der Waals surface area (Å²) >= 11 is 11.8. The van der Waals surface area contributed by atoms with Gasteiger partial charge in [0.05, 0.1) is 23.2 Å². The van der Waals surface area contributed by atoms with Gasteiger partial charge < -0.3 is 14.6 Å². The van der Waals surface area contributed by atoms with E-state index in [0.29, 0.717) is 41.3 Å². The minimum absolute atomic E-state index is 0.522. The second kappa shape index (κ2) is 7.59. The SMILES string of the molecule is COCCNCc1nc(Cc2ccc(Cl)c(Cl)c2)no1. The van der Waals surface area contributed by atoms with Crippen molar-refractivity contribution in [1.29, 1.82) is 0 Å². The lowest BCUT2D eigenvalue weighted by atomic mass is 10.1. The molecule has 0 radical (unpaired) electrons. The first-order valence-corrected chi connectivity index (χ1v) is 6.89. The van der Waals surface area contributed by atoms with Crippen LogP contribution in [0.25, 0.3) is 0 Å². The minimum Gasteiger partial charge on any atom is -0.383 e. The van der Waals surface area contributed by atoms with E-state index in [1.807, 2.05) is 6.07 Å². The van der Waals surface area contributed by atoms with Gasteiger partial charge in [-0.25, -0.2) is 0 Å². The van der Waals surface area contributed by atoms with Gasteiger partial charge >= 0.3 is 0 Å². The smallest absolute Gasteiger partial charge is 0.240 e. The Labute approximate surface area is 127 Å². The second-order valence-electron chi connectivity index (χ2n) is 4.20. The van der Waals surface area contributed by atoms with E-state index in [2.05, 4.69) is 15.5 Å². The van der Waals surface area contributed by atoms with Crippen LogP contribution in [0, 0.1) is 0 Å². The summed E-state index contributed by atoms with van der Waals surface area (Å²) in [6.07, 6.45) is 0.554. The van der Waals surface area contributed by atoms with Crippen molar-refractivity contribution in [3.63, 3.8) is 0 Å². The van der Waals surface area contributed by atoms with E-state index in [0.717, 1.165) is 12.1 Å². The molecule has 0 aliphatic rings. The molecule has 0 unspecified atom stereocenters. The van der Waals surface area contributed by atoms with Gasteiger partial charge in [-0.2, -0.15) is 4.98 Å². The fraction of sp³-hybridized carbons (Fsp3) is 0.385. The van der Waals surface area contributed by atoms with Crippen molar-refractivity contribution < 1.29 is 9.26 Å². The molecular weight excluding hydrogens is 301 g/mol. The maximum Gasteiger partial charge on any atom is 0.240 e. The highest BCUT2D eigenvalue weighted by Gasteiger charge is 2.08. The number of nitrogens with zero attached hydrogens (tertiary/aromatic N) is 2. The molecule has 0 spiro atoms. The molecule has 108 valence electrons. The molecule has 2 aromatic rings. The fourth-order valence-corrected chi connectivity index (χ4v) is 1.96. The van der Waals surface area contributed by atoms with Gasteiger partial charge in [-0.05, 0) is 17.7 Å². The van der Waals surface area contributed by atoms with E-state index in [9.17, 15) is 0 Å². The average molecular weight is 316 g/mol.